The van der Waals surface area contributed by atoms with E-state index in [2.05, 4.69) is 46.1 Å². The average molecular weight is 344 g/mol. The maximum absolute atomic E-state index is 5.90. The number of hydrogen-bond acceptors (Lipinski definition) is 6. The molecule has 1 aromatic carbocycles. The number of rotatable bonds is 4. The van der Waals surface area contributed by atoms with E-state index in [0.29, 0.717) is 25.7 Å². The minimum atomic E-state index is -0.0639. The summed E-state index contributed by atoms with van der Waals surface area (Å²) in [6.45, 7) is 8.63. The van der Waals surface area contributed by atoms with E-state index in [1.807, 2.05) is 6.07 Å². The summed E-state index contributed by atoms with van der Waals surface area (Å²) in [6.07, 6.45) is -0.0639. The molecule has 1 unspecified atom stereocenters. The zero-order chi connectivity index (χ0) is 17.2. The second-order valence-corrected chi connectivity index (χ2v) is 6.81. The summed E-state index contributed by atoms with van der Waals surface area (Å²) in [4.78, 5) is 6.95. The van der Waals surface area contributed by atoms with Crippen LogP contribution >= 0.6 is 0 Å². The topological polar surface area (TPSA) is 72.5 Å². The summed E-state index contributed by atoms with van der Waals surface area (Å²) >= 11 is 0. The maximum atomic E-state index is 5.90. The molecule has 2 aliphatic rings. The SMILES string of the molecule is CC(C)c1n[nH]c(C2CN(Cc3ccc4c(c3)OCCO4)CCO2)n1. The third kappa shape index (κ3) is 3.62. The van der Waals surface area contributed by atoms with E-state index < -0.39 is 0 Å². The Morgan fingerprint density at radius 3 is 2.84 bits per heavy atom. The Morgan fingerprint density at radius 2 is 2.04 bits per heavy atom. The lowest BCUT2D eigenvalue weighted by Gasteiger charge is -2.32. The van der Waals surface area contributed by atoms with Crippen LogP contribution in [0.5, 0.6) is 11.5 Å². The first-order valence-corrected chi connectivity index (χ1v) is 8.83. The Bertz CT molecular complexity index is 731. The van der Waals surface area contributed by atoms with Crippen molar-refractivity contribution in [2.45, 2.75) is 32.4 Å². The van der Waals surface area contributed by atoms with Gasteiger partial charge in [-0.05, 0) is 17.7 Å². The lowest BCUT2D eigenvalue weighted by Crippen LogP contribution is -2.38. The lowest BCUT2D eigenvalue weighted by atomic mass is 10.1. The predicted molar refractivity (Wildman–Crippen MR) is 91.9 cm³/mol. The van der Waals surface area contributed by atoms with Crippen molar-refractivity contribution in [2.24, 2.45) is 0 Å². The largest absolute Gasteiger partial charge is 0.486 e. The second kappa shape index (κ2) is 7.01. The Morgan fingerprint density at radius 1 is 1.20 bits per heavy atom. The molecule has 25 heavy (non-hydrogen) atoms. The summed E-state index contributed by atoms with van der Waals surface area (Å²) < 4.78 is 17.2. The number of nitrogens with one attached hydrogen (secondary N) is 1. The van der Waals surface area contributed by atoms with Crippen LogP contribution in [0.4, 0.5) is 0 Å². The third-order valence-corrected chi connectivity index (χ3v) is 4.50. The van der Waals surface area contributed by atoms with Gasteiger partial charge in [0.05, 0.1) is 6.61 Å². The van der Waals surface area contributed by atoms with Crippen LogP contribution in [-0.4, -0.2) is 53.0 Å². The van der Waals surface area contributed by atoms with Crippen LogP contribution in [0.2, 0.25) is 0 Å². The van der Waals surface area contributed by atoms with Crippen molar-refractivity contribution in [3.05, 3.63) is 35.4 Å². The Kier molecular flexibility index (Phi) is 4.59. The van der Waals surface area contributed by atoms with Crippen molar-refractivity contribution >= 4 is 0 Å². The number of nitrogens with zero attached hydrogens (tertiary/aromatic N) is 3. The molecular formula is C18H24N4O3. The molecular weight excluding hydrogens is 320 g/mol. The fraction of sp³-hybridized carbons (Fsp3) is 0.556. The van der Waals surface area contributed by atoms with Crippen LogP contribution in [0.3, 0.4) is 0 Å². The molecule has 0 bridgehead atoms. The minimum absolute atomic E-state index is 0.0639. The van der Waals surface area contributed by atoms with E-state index in [9.17, 15) is 0 Å². The highest BCUT2D eigenvalue weighted by Gasteiger charge is 2.25. The van der Waals surface area contributed by atoms with Gasteiger partial charge in [0.25, 0.3) is 0 Å². The van der Waals surface area contributed by atoms with Gasteiger partial charge in [-0.25, -0.2) is 4.98 Å². The molecule has 0 aliphatic carbocycles. The van der Waals surface area contributed by atoms with Gasteiger partial charge in [0.2, 0.25) is 0 Å². The summed E-state index contributed by atoms with van der Waals surface area (Å²) in [5, 5.41) is 7.32. The maximum Gasteiger partial charge on any atom is 0.161 e. The molecule has 0 radical (unpaired) electrons. The molecule has 134 valence electrons. The molecule has 1 fully saturated rings. The van der Waals surface area contributed by atoms with Gasteiger partial charge < -0.3 is 14.2 Å². The number of hydrogen-bond donors (Lipinski definition) is 1. The molecule has 0 amide bonds. The fourth-order valence-electron chi connectivity index (χ4n) is 3.15. The first-order chi connectivity index (χ1) is 12.2. The Labute approximate surface area is 147 Å². The van der Waals surface area contributed by atoms with E-state index in [-0.39, 0.29) is 6.10 Å². The van der Waals surface area contributed by atoms with Crippen molar-refractivity contribution in [1.82, 2.24) is 20.1 Å². The van der Waals surface area contributed by atoms with E-state index in [1.54, 1.807) is 0 Å². The van der Waals surface area contributed by atoms with Gasteiger partial charge in [0.15, 0.2) is 23.1 Å². The number of H-pyrrole nitrogens is 1. The van der Waals surface area contributed by atoms with Crippen molar-refractivity contribution < 1.29 is 14.2 Å². The van der Waals surface area contributed by atoms with Crippen molar-refractivity contribution in [3.8, 4) is 11.5 Å². The average Bonchev–Trinajstić information content (AvgIpc) is 3.12. The van der Waals surface area contributed by atoms with Gasteiger partial charge in [-0.15, -0.1) is 0 Å². The van der Waals surface area contributed by atoms with E-state index in [0.717, 1.165) is 42.8 Å². The van der Waals surface area contributed by atoms with Crippen molar-refractivity contribution in [2.75, 3.05) is 32.9 Å². The summed E-state index contributed by atoms with van der Waals surface area (Å²) in [7, 11) is 0. The third-order valence-electron chi connectivity index (χ3n) is 4.50. The van der Waals surface area contributed by atoms with Crippen molar-refractivity contribution in [3.63, 3.8) is 0 Å². The molecule has 2 aliphatic heterocycles. The van der Waals surface area contributed by atoms with Crippen LogP contribution in [0.25, 0.3) is 0 Å². The van der Waals surface area contributed by atoms with Crippen LogP contribution in [0.15, 0.2) is 18.2 Å². The number of benzene rings is 1. The van der Waals surface area contributed by atoms with Gasteiger partial charge in [-0.3, -0.25) is 10.00 Å². The summed E-state index contributed by atoms with van der Waals surface area (Å²) in [5.74, 6) is 3.63. The molecule has 0 saturated carbocycles. The monoisotopic (exact) mass is 344 g/mol. The second-order valence-electron chi connectivity index (χ2n) is 6.81. The zero-order valence-corrected chi connectivity index (χ0v) is 14.7. The molecule has 1 atom stereocenters. The molecule has 1 aromatic heterocycles. The van der Waals surface area contributed by atoms with Crippen LogP contribution in [0.1, 0.15) is 43.1 Å². The normalized spacial score (nSPS) is 20.8. The number of aromatic amines is 1. The smallest absolute Gasteiger partial charge is 0.161 e. The highest BCUT2D eigenvalue weighted by atomic mass is 16.6. The highest BCUT2D eigenvalue weighted by molar-refractivity contribution is 5.43. The van der Waals surface area contributed by atoms with E-state index in [4.69, 9.17) is 14.2 Å². The van der Waals surface area contributed by atoms with Crippen LogP contribution in [-0.2, 0) is 11.3 Å². The molecule has 7 nitrogen and oxygen atoms in total. The molecule has 1 N–H and O–H groups in total. The number of fused-ring (bicyclic) bond motifs is 1. The zero-order valence-electron chi connectivity index (χ0n) is 14.7. The number of aromatic nitrogens is 3. The number of morpholine rings is 1. The van der Waals surface area contributed by atoms with Gasteiger partial charge in [0, 0.05) is 25.6 Å². The molecule has 1 saturated heterocycles. The van der Waals surface area contributed by atoms with Crippen molar-refractivity contribution in [1.29, 1.82) is 0 Å². The molecule has 0 spiro atoms. The molecule has 4 rings (SSSR count). The molecule has 2 aromatic rings. The van der Waals surface area contributed by atoms with E-state index in [1.165, 1.54) is 5.56 Å². The first kappa shape index (κ1) is 16.4. The Balaban J connectivity index is 1.42. The van der Waals surface area contributed by atoms with Gasteiger partial charge in [0.1, 0.15) is 19.3 Å². The molecule has 3 heterocycles. The molecule has 7 heteroatoms. The Hall–Kier alpha value is -2.12. The fourth-order valence-corrected chi connectivity index (χ4v) is 3.15. The quantitative estimate of drug-likeness (QED) is 0.917. The van der Waals surface area contributed by atoms with E-state index >= 15 is 0 Å². The minimum Gasteiger partial charge on any atom is -0.486 e. The standard InChI is InChI=1S/C18H24N4O3/c1-12(2)17-19-18(21-20-17)16-11-22(5-6-23-16)10-13-3-4-14-15(9-13)25-8-7-24-14/h3-4,9,12,16H,5-8,10-11H2,1-2H3,(H,19,20,21). The lowest BCUT2D eigenvalue weighted by molar-refractivity contribution is -0.0371. The summed E-state index contributed by atoms with van der Waals surface area (Å²) in [5.41, 5.74) is 1.21. The first-order valence-electron chi connectivity index (χ1n) is 8.83. The van der Waals surface area contributed by atoms with Gasteiger partial charge in [-0.2, -0.15) is 5.10 Å². The summed E-state index contributed by atoms with van der Waals surface area (Å²) in [6, 6.07) is 6.17. The van der Waals surface area contributed by atoms with Crippen LogP contribution in [0, 0.1) is 0 Å². The van der Waals surface area contributed by atoms with Crippen LogP contribution < -0.4 is 9.47 Å². The van der Waals surface area contributed by atoms with Gasteiger partial charge >= 0.3 is 0 Å². The highest BCUT2D eigenvalue weighted by Crippen LogP contribution is 2.31. The van der Waals surface area contributed by atoms with Gasteiger partial charge in [-0.1, -0.05) is 19.9 Å². The number of ether oxygens (including phenoxy) is 3. The predicted octanol–water partition coefficient (Wildman–Crippen LogP) is 2.27.